The third-order valence-electron chi connectivity index (χ3n) is 4.61. The van der Waals surface area contributed by atoms with Crippen LogP contribution in [0.4, 0.5) is 5.69 Å². The van der Waals surface area contributed by atoms with Gasteiger partial charge >= 0.3 is 0 Å². The number of nitrogens with two attached hydrogens (primary N) is 1. The Balaban J connectivity index is 1.61. The van der Waals surface area contributed by atoms with E-state index in [2.05, 4.69) is 6.92 Å². The van der Waals surface area contributed by atoms with Crippen LogP contribution in [0.15, 0.2) is 48.5 Å². The number of carbonyl (C=O) groups excluding carboxylic acids is 2. The van der Waals surface area contributed by atoms with Crippen molar-refractivity contribution in [3.8, 4) is 0 Å². The second kappa shape index (κ2) is 7.81. The van der Waals surface area contributed by atoms with Crippen molar-refractivity contribution in [1.29, 1.82) is 0 Å². The fourth-order valence-corrected chi connectivity index (χ4v) is 3.36. The monoisotopic (exact) mass is 357 g/mol. The fourth-order valence-electron chi connectivity index (χ4n) is 3.13. The summed E-state index contributed by atoms with van der Waals surface area (Å²) in [7, 11) is 0. The predicted octanol–water partition coefficient (Wildman–Crippen LogP) is 2.34. The highest BCUT2D eigenvalue weighted by Crippen LogP contribution is 2.22. The van der Waals surface area contributed by atoms with E-state index < -0.39 is 0 Å². The van der Waals surface area contributed by atoms with E-state index in [0.29, 0.717) is 5.69 Å². The molecule has 1 atom stereocenters. The quantitative estimate of drug-likeness (QED) is 0.807. The lowest BCUT2D eigenvalue weighted by Crippen LogP contribution is -2.92. The van der Waals surface area contributed by atoms with Gasteiger partial charge in [0, 0.05) is 11.4 Å². The van der Waals surface area contributed by atoms with Gasteiger partial charge in [-0.2, -0.15) is 0 Å². The average Bonchev–Trinajstić information content (AvgIpc) is 2.90. The number of rotatable bonds is 6. The lowest BCUT2D eigenvalue weighted by atomic mass is 10.1. The molecule has 0 aromatic heterocycles. The second-order valence-electron chi connectivity index (χ2n) is 6.26. The van der Waals surface area contributed by atoms with E-state index in [1.54, 1.807) is 0 Å². The Morgan fingerprint density at radius 3 is 2.52 bits per heavy atom. The molecule has 1 heterocycles. The first-order chi connectivity index (χ1) is 12.1. The van der Waals surface area contributed by atoms with Gasteiger partial charge in [0.1, 0.15) is 0 Å². The molecule has 0 aliphatic carbocycles. The molecule has 0 spiro atoms. The number of halogens is 1. The number of anilines is 1. The first-order valence-electron chi connectivity index (χ1n) is 8.62. The van der Waals surface area contributed by atoms with Crippen LogP contribution in [0.5, 0.6) is 0 Å². The number of quaternary nitrogens is 1. The number of hydrogen-bond donors (Lipinski definition) is 1. The van der Waals surface area contributed by atoms with Gasteiger partial charge in [-0.1, -0.05) is 48.9 Å². The highest BCUT2D eigenvalue weighted by atomic mass is 35.5. The van der Waals surface area contributed by atoms with Crippen molar-refractivity contribution < 1.29 is 14.9 Å². The van der Waals surface area contributed by atoms with Crippen LogP contribution >= 0.6 is 11.6 Å². The second-order valence-corrected chi connectivity index (χ2v) is 6.67. The molecule has 1 saturated heterocycles. The molecule has 0 bridgehead atoms. The van der Waals surface area contributed by atoms with E-state index in [1.807, 2.05) is 53.8 Å². The summed E-state index contributed by atoms with van der Waals surface area (Å²) in [4.78, 5) is 26.2. The number of hydrogen-bond acceptors (Lipinski definition) is 2. The zero-order valence-electron chi connectivity index (χ0n) is 14.2. The Kier molecular flexibility index (Phi) is 5.51. The first kappa shape index (κ1) is 17.6. The van der Waals surface area contributed by atoms with Gasteiger partial charge in [-0.3, -0.25) is 9.59 Å². The van der Waals surface area contributed by atoms with Crippen molar-refractivity contribution >= 4 is 29.1 Å². The van der Waals surface area contributed by atoms with Gasteiger partial charge in [-0.25, -0.2) is 4.90 Å². The maximum atomic E-state index is 12.6. The summed E-state index contributed by atoms with van der Waals surface area (Å²) < 4.78 is 0. The minimum Gasteiger partial charge on any atom is -0.335 e. The zero-order valence-corrected chi connectivity index (χ0v) is 15.0. The zero-order chi connectivity index (χ0) is 17.8. The molecule has 1 aliphatic rings. The number of aryl methyl sites for hydroxylation is 1. The van der Waals surface area contributed by atoms with Gasteiger partial charge < -0.3 is 5.32 Å². The molecule has 2 aromatic carbocycles. The Labute approximate surface area is 152 Å². The van der Waals surface area contributed by atoms with Crippen LogP contribution in [0.1, 0.15) is 24.5 Å². The molecule has 0 radical (unpaired) electrons. The Morgan fingerprint density at radius 2 is 1.84 bits per heavy atom. The van der Waals surface area contributed by atoms with E-state index in [9.17, 15) is 9.59 Å². The maximum absolute atomic E-state index is 12.6. The summed E-state index contributed by atoms with van der Waals surface area (Å²) in [6, 6.07) is 15.0. The summed E-state index contributed by atoms with van der Waals surface area (Å²) in [5, 5.41) is 2.69. The van der Waals surface area contributed by atoms with Crippen molar-refractivity contribution in [3.05, 3.63) is 64.7 Å². The largest absolute Gasteiger partial charge is 0.335 e. The van der Waals surface area contributed by atoms with Crippen LogP contribution in [-0.2, 0) is 22.4 Å². The fraction of sp³-hybridized carbons (Fsp3) is 0.300. The first-order valence-corrected chi connectivity index (χ1v) is 9.00. The van der Waals surface area contributed by atoms with Crippen molar-refractivity contribution in [2.24, 2.45) is 0 Å². The molecule has 130 valence electrons. The third-order valence-corrected chi connectivity index (χ3v) is 4.98. The van der Waals surface area contributed by atoms with Crippen LogP contribution in [0.25, 0.3) is 0 Å². The molecule has 5 heteroatoms. The molecular weight excluding hydrogens is 336 g/mol. The maximum Gasteiger partial charge on any atom is 0.292 e. The summed E-state index contributed by atoms with van der Waals surface area (Å²) in [6.45, 7) is 2.79. The molecular formula is C20H22ClN2O2+. The van der Waals surface area contributed by atoms with E-state index in [1.165, 1.54) is 10.5 Å². The van der Waals surface area contributed by atoms with E-state index in [0.717, 1.165) is 30.0 Å². The topological polar surface area (TPSA) is 54.0 Å². The molecule has 1 unspecified atom stereocenters. The Morgan fingerprint density at radius 1 is 1.12 bits per heavy atom. The smallest absolute Gasteiger partial charge is 0.292 e. The summed E-state index contributed by atoms with van der Waals surface area (Å²) in [5.74, 6) is -0.262. The molecule has 4 nitrogen and oxygen atoms in total. The molecule has 3 rings (SSSR count). The lowest BCUT2D eigenvalue weighted by Gasteiger charge is -2.14. The average molecular weight is 358 g/mol. The van der Waals surface area contributed by atoms with Gasteiger partial charge in [-0.15, -0.1) is 0 Å². The van der Waals surface area contributed by atoms with Crippen molar-refractivity contribution in [3.63, 3.8) is 0 Å². The number of benzene rings is 2. The van der Waals surface area contributed by atoms with Crippen LogP contribution in [0.3, 0.4) is 0 Å². The predicted molar refractivity (Wildman–Crippen MR) is 98.7 cm³/mol. The van der Waals surface area contributed by atoms with Gasteiger partial charge in [0.25, 0.3) is 5.91 Å². The molecule has 1 fully saturated rings. The molecule has 25 heavy (non-hydrogen) atoms. The van der Waals surface area contributed by atoms with Crippen molar-refractivity contribution in [1.82, 2.24) is 0 Å². The highest BCUT2D eigenvalue weighted by Gasteiger charge is 2.41. The SMILES string of the molecule is CCc1ccc(N2C(=O)CC([NH2+]CCc3ccccc3Cl)C2=O)cc1. The van der Waals surface area contributed by atoms with Crippen LogP contribution in [0.2, 0.25) is 5.02 Å². The van der Waals surface area contributed by atoms with E-state index >= 15 is 0 Å². The lowest BCUT2D eigenvalue weighted by molar-refractivity contribution is -0.674. The van der Waals surface area contributed by atoms with Gasteiger partial charge in [0.05, 0.1) is 18.7 Å². The molecule has 2 amide bonds. The van der Waals surface area contributed by atoms with Crippen LogP contribution in [-0.4, -0.2) is 24.4 Å². The van der Waals surface area contributed by atoms with E-state index in [-0.39, 0.29) is 24.3 Å². The van der Waals surface area contributed by atoms with Crippen molar-refractivity contribution in [2.45, 2.75) is 32.2 Å². The van der Waals surface area contributed by atoms with Crippen LogP contribution in [0, 0.1) is 0 Å². The highest BCUT2D eigenvalue weighted by molar-refractivity contribution is 6.31. The summed E-state index contributed by atoms with van der Waals surface area (Å²) in [6.07, 6.45) is 1.94. The molecule has 1 aliphatic heterocycles. The van der Waals surface area contributed by atoms with Gasteiger partial charge in [0.15, 0.2) is 6.04 Å². The standard InChI is InChI=1S/C20H21ClN2O2/c1-2-14-7-9-16(10-8-14)23-19(24)13-18(20(23)25)22-12-11-15-5-3-4-6-17(15)21/h3-10,18,22H,2,11-13H2,1H3/p+1. The van der Waals surface area contributed by atoms with E-state index in [4.69, 9.17) is 11.6 Å². The third kappa shape index (κ3) is 3.91. The number of amides is 2. The number of carbonyl (C=O) groups is 2. The Hall–Kier alpha value is -2.17. The number of nitrogens with zero attached hydrogens (tertiary/aromatic N) is 1. The number of imide groups is 1. The molecule has 0 saturated carbocycles. The minimum atomic E-state index is -0.346. The van der Waals surface area contributed by atoms with Crippen molar-refractivity contribution in [2.75, 3.05) is 11.4 Å². The Bertz CT molecular complexity index is 774. The van der Waals surface area contributed by atoms with Gasteiger partial charge in [0.2, 0.25) is 5.91 Å². The minimum absolute atomic E-state index is 0.131. The summed E-state index contributed by atoms with van der Waals surface area (Å²) >= 11 is 6.16. The molecule has 2 N–H and O–H groups in total. The molecule has 2 aromatic rings. The summed E-state index contributed by atoms with van der Waals surface area (Å²) in [5.41, 5.74) is 2.91. The van der Waals surface area contributed by atoms with Crippen LogP contribution < -0.4 is 10.2 Å². The van der Waals surface area contributed by atoms with Gasteiger partial charge in [-0.05, 0) is 35.7 Å². The normalized spacial score (nSPS) is 17.4.